The van der Waals surface area contributed by atoms with E-state index in [0.29, 0.717) is 0 Å². The average Bonchev–Trinajstić information content (AvgIpc) is 3.19. The Morgan fingerprint density at radius 2 is 2.33 bits per heavy atom. The van der Waals surface area contributed by atoms with E-state index < -0.39 is 0 Å². The summed E-state index contributed by atoms with van der Waals surface area (Å²) in [6, 6.07) is 0.768. The number of nitrogens with one attached hydrogen (secondary N) is 1. The largest absolute Gasteiger partial charge is 0.383 e. The van der Waals surface area contributed by atoms with Crippen molar-refractivity contribution in [2.45, 2.75) is 51.6 Å². The van der Waals surface area contributed by atoms with Gasteiger partial charge >= 0.3 is 0 Å². The molecule has 0 radical (unpaired) electrons. The molecule has 118 valence electrons. The minimum absolute atomic E-state index is 0.768. The number of ether oxygens (including phenoxy) is 1. The second kappa shape index (κ2) is 7.07. The van der Waals surface area contributed by atoms with Gasteiger partial charge in [-0.05, 0) is 31.6 Å². The molecule has 2 heterocycles. The van der Waals surface area contributed by atoms with Crippen molar-refractivity contribution in [2.24, 2.45) is 5.92 Å². The van der Waals surface area contributed by atoms with Crippen LogP contribution < -0.4 is 10.2 Å². The third kappa shape index (κ3) is 3.41. The number of hydrogen-bond donors (Lipinski definition) is 1. The quantitative estimate of drug-likeness (QED) is 0.749. The van der Waals surface area contributed by atoms with Crippen molar-refractivity contribution in [1.82, 2.24) is 10.3 Å². The molecule has 21 heavy (non-hydrogen) atoms. The third-order valence-corrected chi connectivity index (χ3v) is 5.81. The zero-order valence-corrected chi connectivity index (χ0v) is 14.0. The van der Waals surface area contributed by atoms with Crippen LogP contribution in [0.1, 0.15) is 43.2 Å². The van der Waals surface area contributed by atoms with Gasteiger partial charge in [0, 0.05) is 37.7 Å². The molecule has 1 aromatic rings. The number of methoxy groups -OCH3 is 1. The number of aromatic nitrogens is 1. The summed E-state index contributed by atoms with van der Waals surface area (Å²) in [5.74, 6) is 0.928. The first kappa shape index (κ1) is 15.3. The Hall–Kier alpha value is -0.650. The van der Waals surface area contributed by atoms with Gasteiger partial charge in [0.05, 0.1) is 12.3 Å². The number of aryl methyl sites for hydroxylation is 1. The Bertz CT molecular complexity index is 462. The van der Waals surface area contributed by atoms with Gasteiger partial charge < -0.3 is 15.0 Å². The highest BCUT2D eigenvalue weighted by atomic mass is 32.1. The SMILES string of the molecule is CCCc1nc(N2CC3CCC2C3)sc1CNCCOC. The van der Waals surface area contributed by atoms with Crippen LogP contribution in [0.4, 0.5) is 5.13 Å². The maximum absolute atomic E-state index is 5.09. The molecule has 5 heteroatoms. The molecule has 1 aliphatic carbocycles. The summed E-state index contributed by atoms with van der Waals surface area (Å²) in [6.45, 7) is 6.08. The van der Waals surface area contributed by atoms with Crippen LogP contribution in [0.2, 0.25) is 0 Å². The van der Waals surface area contributed by atoms with Crippen LogP contribution in [0, 0.1) is 5.92 Å². The van der Waals surface area contributed by atoms with E-state index in [1.165, 1.54) is 47.9 Å². The van der Waals surface area contributed by atoms with Gasteiger partial charge in [-0.15, -0.1) is 11.3 Å². The number of fused-ring (bicyclic) bond motifs is 2. The predicted molar refractivity (Wildman–Crippen MR) is 88.2 cm³/mol. The zero-order chi connectivity index (χ0) is 14.7. The molecule has 2 bridgehead atoms. The monoisotopic (exact) mass is 309 g/mol. The smallest absolute Gasteiger partial charge is 0.186 e. The number of hydrogen-bond acceptors (Lipinski definition) is 5. The van der Waals surface area contributed by atoms with Crippen molar-refractivity contribution in [3.63, 3.8) is 0 Å². The fourth-order valence-corrected chi connectivity index (χ4v) is 4.75. The van der Waals surface area contributed by atoms with E-state index in [-0.39, 0.29) is 0 Å². The summed E-state index contributed by atoms with van der Waals surface area (Å²) in [7, 11) is 1.75. The summed E-state index contributed by atoms with van der Waals surface area (Å²) in [5, 5.41) is 4.74. The van der Waals surface area contributed by atoms with Gasteiger partial charge in [0.25, 0.3) is 0 Å². The topological polar surface area (TPSA) is 37.4 Å². The van der Waals surface area contributed by atoms with Crippen molar-refractivity contribution in [3.8, 4) is 0 Å². The first-order valence-corrected chi connectivity index (χ1v) is 9.08. The Labute approximate surface area is 131 Å². The van der Waals surface area contributed by atoms with Crippen molar-refractivity contribution < 1.29 is 4.74 Å². The lowest BCUT2D eigenvalue weighted by Gasteiger charge is -2.26. The highest BCUT2D eigenvalue weighted by molar-refractivity contribution is 7.15. The van der Waals surface area contributed by atoms with Gasteiger partial charge in [-0.3, -0.25) is 0 Å². The normalized spacial score (nSPS) is 24.2. The molecule has 4 nitrogen and oxygen atoms in total. The van der Waals surface area contributed by atoms with E-state index in [1.807, 2.05) is 11.3 Å². The van der Waals surface area contributed by atoms with Gasteiger partial charge in [0.2, 0.25) is 0 Å². The standard InChI is InChI=1S/C16H27N3OS/c1-3-4-14-15(10-17-7-8-20-2)21-16(18-14)19-11-12-5-6-13(19)9-12/h12-13,17H,3-11H2,1-2H3. The van der Waals surface area contributed by atoms with Crippen LogP contribution in [0.25, 0.3) is 0 Å². The molecule has 2 fully saturated rings. The molecule has 0 aromatic carbocycles. The molecule has 0 spiro atoms. The lowest BCUT2D eigenvalue weighted by atomic mass is 10.1. The molecule has 2 unspecified atom stereocenters. The number of thiazole rings is 1. The Morgan fingerprint density at radius 1 is 1.43 bits per heavy atom. The highest BCUT2D eigenvalue weighted by Gasteiger charge is 2.39. The van der Waals surface area contributed by atoms with Crippen molar-refractivity contribution in [1.29, 1.82) is 0 Å². The van der Waals surface area contributed by atoms with E-state index in [9.17, 15) is 0 Å². The lowest BCUT2D eigenvalue weighted by Crippen LogP contribution is -2.31. The second-order valence-corrected chi connectivity index (χ2v) is 7.33. The molecule has 3 rings (SSSR count). The maximum Gasteiger partial charge on any atom is 0.186 e. The molecule has 1 saturated heterocycles. The first-order chi connectivity index (χ1) is 10.3. The van der Waals surface area contributed by atoms with E-state index in [0.717, 1.165) is 38.1 Å². The molecule has 1 aromatic heterocycles. The molecule has 2 aliphatic rings. The van der Waals surface area contributed by atoms with E-state index in [2.05, 4.69) is 17.1 Å². The number of rotatable bonds is 8. The first-order valence-electron chi connectivity index (χ1n) is 8.26. The molecular formula is C16H27N3OS. The number of nitrogens with zero attached hydrogens (tertiary/aromatic N) is 2. The van der Waals surface area contributed by atoms with Crippen LogP contribution in [0.5, 0.6) is 0 Å². The minimum Gasteiger partial charge on any atom is -0.383 e. The summed E-state index contributed by atoms with van der Waals surface area (Å²) >= 11 is 1.91. The van der Waals surface area contributed by atoms with Crippen LogP contribution in [-0.4, -0.2) is 37.8 Å². The molecule has 1 N–H and O–H groups in total. The zero-order valence-electron chi connectivity index (χ0n) is 13.2. The van der Waals surface area contributed by atoms with Gasteiger partial charge in [-0.2, -0.15) is 0 Å². The molecule has 2 atom stereocenters. The summed E-state index contributed by atoms with van der Waals surface area (Å²) in [4.78, 5) is 8.97. The highest BCUT2D eigenvalue weighted by Crippen LogP contribution is 2.42. The Balaban J connectivity index is 1.67. The molecule has 1 aliphatic heterocycles. The van der Waals surface area contributed by atoms with Crippen molar-refractivity contribution >= 4 is 16.5 Å². The third-order valence-electron chi connectivity index (χ3n) is 4.68. The van der Waals surface area contributed by atoms with E-state index in [1.54, 1.807) is 7.11 Å². The molecule has 1 saturated carbocycles. The summed E-state index contributed by atoms with van der Waals surface area (Å²) in [5.41, 5.74) is 1.31. The fourth-order valence-electron chi connectivity index (χ4n) is 3.60. The van der Waals surface area contributed by atoms with E-state index in [4.69, 9.17) is 9.72 Å². The average molecular weight is 309 g/mol. The minimum atomic E-state index is 0.768. The van der Waals surface area contributed by atoms with Crippen LogP contribution >= 0.6 is 11.3 Å². The van der Waals surface area contributed by atoms with Crippen LogP contribution in [-0.2, 0) is 17.7 Å². The van der Waals surface area contributed by atoms with Gasteiger partial charge in [0.15, 0.2) is 5.13 Å². The second-order valence-electron chi connectivity index (χ2n) is 6.27. The van der Waals surface area contributed by atoms with Gasteiger partial charge in [-0.25, -0.2) is 4.98 Å². The van der Waals surface area contributed by atoms with Crippen LogP contribution in [0.15, 0.2) is 0 Å². The van der Waals surface area contributed by atoms with E-state index >= 15 is 0 Å². The molecule has 0 amide bonds. The summed E-state index contributed by atoms with van der Waals surface area (Å²) < 4.78 is 5.09. The number of anilines is 1. The maximum atomic E-state index is 5.09. The van der Waals surface area contributed by atoms with Gasteiger partial charge in [0.1, 0.15) is 0 Å². The Kier molecular flexibility index (Phi) is 5.14. The van der Waals surface area contributed by atoms with Crippen molar-refractivity contribution in [2.75, 3.05) is 31.7 Å². The lowest BCUT2D eigenvalue weighted by molar-refractivity contribution is 0.199. The fraction of sp³-hybridized carbons (Fsp3) is 0.812. The van der Waals surface area contributed by atoms with Gasteiger partial charge in [-0.1, -0.05) is 13.3 Å². The predicted octanol–water partition coefficient (Wildman–Crippen LogP) is 2.82. The molecular weight excluding hydrogens is 282 g/mol. The number of piperidine rings is 1. The Morgan fingerprint density at radius 3 is 3.00 bits per heavy atom. The van der Waals surface area contributed by atoms with Crippen molar-refractivity contribution in [3.05, 3.63) is 10.6 Å². The summed E-state index contributed by atoms with van der Waals surface area (Å²) in [6.07, 6.45) is 6.46. The van der Waals surface area contributed by atoms with Crippen LogP contribution in [0.3, 0.4) is 0 Å².